The third-order valence-corrected chi connectivity index (χ3v) is 3.07. The Morgan fingerprint density at radius 3 is 3.24 bits per heavy atom. The van der Waals surface area contributed by atoms with Gasteiger partial charge < -0.3 is 9.85 Å². The van der Waals surface area contributed by atoms with Gasteiger partial charge in [0, 0.05) is 16.7 Å². The maximum Gasteiger partial charge on any atom is 0.319 e. The number of rotatable bonds is 7. The van der Waals surface area contributed by atoms with Crippen molar-refractivity contribution in [2.24, 2.45) is 0 Å². The molecule has 0 atom stereocenters. The molecule has 1 N–H and O–H groups in total. The summed E-state index contributed by atoms with van der Waals surface area (Å²) < 4.78 is 48.4. The second-order valence-electron chi connectivity index (χ2n) is 3.22. The molecule has 0 fully saturated rings. The topological polar surface area (TPSA) is 49.8 Å². The monoisotopic (exact) mass is 355 g/mol. The SMILES string of the molecule is [2H]OCCN(Cc1ccccc1I)C([2H])([2H])C(=O)OC([2H])([2H])[2H]. The fourth-order valence-electron chi connectivity index (χ4n) is 1.27. The van der Waals surface area contributed by atoms with Crippen LogP contribution in [-0.4, -0.2) is 44.1 Å². The number of methoxy groups -OCH3 is 1. The normalized spacial score (nSPS) is 17.3. The van der Waals surface area contributed by atoms with Crippen LogP contribution in [0.25, 0.3) is 0 Å². The number of esters is 1. The predicted octanol–water partition coefficient (Wildman–Crippen LogP) is 1.26. The van der Waals surface area contributed by atoms with Crippen LogP contribution >= 0.6 is 22.6 Å². The van der Waals surface area contributed by atoms with Gasteiger partial charge >= 0.3 is 5.97 Å². The van der Waals surface area contributed by atoms with E-state index in [2.05, 4.69) is 32.4 Å². The zero-order chi connectivity index (χ0) is 17.7. The third-order valence-electron chi connectivity index (χ3n) is 2.02. The Bertz CT molecular complexity index is 540. The first kappa shape index (κ1) is 7.70. The highest BCUT2D eigenvalue weighted by atomic mass is 127. The van der Waals surface area contributed by atoms with Crippen molar-refractivity contribution in [3.05, 3.63) is 33.4 Å². The zero-order valence-corrected chi connectivity index (χ0v) is 11.1. The number of hydrogen-bond donors (Lipinski definition) is 1. The van der Waals surface area contributed by atoms with Crippen LogP contribution < -0.4 is 0 Å². The van der Waals surface area contributed by atoms with E-state index in [0.717, 1.165) is 14.0 Å². The van der Waals surface area contributed by atoms with Crippen LogP contribution in [0.15, 0.2) is 24.3 Å². The van der Waals surface area contributed by atoms with E-state index in [0.29, 0.717) is 0 Å². The standard InChI is InChI=1S/C12H16INO3/c1-17-12(16)9-14(6-7-15)8-10-4-2-3-5-11(10)13/h2-5,15H,6-9H2,1H3/i1D3,9D2,15D. The quantitative estimate of drug-likeness (QED) is 0.591. The first-order valence-electron chi connectivity index (χ1n) is 7.79. The first-order chi connectivity index (χ1) is 10.6. The number of aliphatic hydroxyl groups excluding tert-OH is 1. The molecule has 4 nitrogen and oxygen atoms in total. The van der Waals surface area contributed by atoms with E-state index < -0.39 is 19.5 Å². The summed E-state index contributed by atoms with van der Waals surface area (Å²) in [4.78, 5) is 12.9. The van der Waals surface area contributed by atoms with Gasteiger partial charge in [-0.25, -0.2) is 0 Å². The van der Waals surface area contributed by atoms with Crippen molar-refractivity contribution in [1.82, 2.24) is 4.90 Å². The largest absolute Gasteiger partial charge is 0.468 e. The fraction of sp³-hybridized carbons (Fsp3) is 0.417. The average molecular weight is 355 g/mol. The number of carbonyl (C=O) groups excluding carboxylic acids is 1. The number of hydrogen-bond acceptors (Lipinski definition) is 4. The second kappa shape index (κ2) is 7.62. The smallest absolute Gasteiger partial charge is 0.319 e. The van der Waals surface area contributed by atoms with Crippen molar-refractivity contribution < 1.29 is 21.5 Å². The minimum atomic E-state index is -3.02. The lowest BCUT2D eigenvalue weighted by Crippen LogP contribution is -2.32. The Kier molecular flexibility index (Phi) is 3.46. The van der Waals surface area contributed by atoms with Gasteiger partial charge in [-0.1, -0.05) is 18.2 Å². The van der Waals surface area contributed by atoms with Crippen molar-refractivity contribution in [2.45, 2.75) is 6.54 Å². The molecule has 94 valence electrons. The average Bonchev–Trinajstić information content (AvgIpc) is 2.43. The van der Waals surface area contributed by atoms with E-state index in [4.69, 9.17) is 8.28 Å². The molecule has 0 saturated carbocycles. The van der Waals surface area contributed by atoms with Crippen molar-refractivity contribution >= 4 is 28.6 Å². The molecule has 0 spiro atoms. The van der Waals surface area contributed by atoms with Gasteiger partial charge in [0.05, 0.1) is 27.0 Å². The summed E-state index contributed by atoms with van der Waals surface area (Å²) >= 11 is 2.08. The van der Waals surface area contributed by atoms with E-state index >= 15 is 0 Å². The highest BCUT2D eigenvalue weighted by Gasteiger charge is 2.12. The van der Waals surface area contributed by atoms with Gasteiger partial charge in [-0.3, -0.25) is 9.69 Å². The first-order valence-corrected chi connectivity index (χ1v) is 5.96. The summed E-state index contributed by atoms with van der Waals surface area (Å²) in [6.07, 6.45) is 0. The molecule has 0 bridgehead atoms. The molecule has 0 heterocycles. The van der Waals surface area contributed by atoms with E-state index in [-0.39, 0.29) is 19.7 Å². The van der Waals surface area contributed by atoms with Gasteiger partial charge in [-0.15, -0.1) is 0 Å². The van der Waals surface area contributed by atoms with Gasteiger partial charge in [-0.05, 0) is 34.2 Å². The summed E-state index contributed by atoms with van der Waals surface area (Å²) in [5, 5.41) is 4.19. The van der Waals surface area contributed by atoms with Gasteiger partial charge in [0.2, 0.25) is 1.43 Å². The van der Waals surface area contributed by atoms with Crippen LogP contribution in [0.5, 0.6) is 0 Å². The molecule has 17 heavy (non-hydrogen) atoms. The summed E-state index contributed by atoms with van der Waals surface area (Å²) in [6.45, 7) is -2.88. The lowest BCUT2D eigenvalue weighted by atomic mass is 10.2. The second-order valence-corrected chi connectivity index (χ2v) is 4.38. The van der Waals surface area contributed by atoms with Gasteiger partial charge in [-0.2, -0.15) is 0 Å². The Hall–Kier alpha value is -0.660. The van der Waals surface area contributed by atoms with Crippen molar-refractivity contribution in [3.63, 3.8) is 0 Å². The molecule has 0 unspecified atom stereocenters. The lowest BCUT2D eigenvalue weighted by molar-refractivity contribution is -0.142. The summed E-state index contributed by atoms with van der Waals surface area (Å²) in [5.74, 6) is -1.51. The number of halogens is 1. The molecule has 0 radical (unpaired) electrons. The number of ether oxygens (including phenoxy) is 1. The van der Waals surface area contributed by atoms with Gasteiger partial charge in [0.1, 0.15) is 0 Å². The lowest BCUT2D eigenvalue weighted by Gasteiger charge is -2.20. The minimum Gasteiger partial charge on any atom is -0.468 e. The fourth-order valence-corrected chi connectivity index (χ4v) is 1.83. The van der Waals surface area contributed by atoms with E-state index in [1.54, 1.807) is 12.1 Å². The van der Waals surface area contributed by atoms with Crippen LogP contribution in [0.4, 0.5) is 0 Å². The molecule has 0 amide bonds. The van der Waals surface area contributed by atoms with E-state index in [9.17, 15) is 4.79 Å². The molecule has 1 rings (SSSR count). The predicted molar refractivity (Wildman–Crippen MR) is 73.5 cm³/mol. The number of carbonyl (C=O) groups is 1. The third kappa shape index (κ3) is 5.01. The molecule has 0 aromatic heterocycles. The highest BCUT2D eigenvalue weighted by molar-refractivity contribution is 14.1. The highest BCUT2D eigenvalue weighted by Crippen LogP contribution is 2.13. The van der Waals surface area contributed by atoms with Crippen molar-refractivity contribution in [2.75, 3.05) is 26.7 Å². The van der Waals surface area contributed by atoms with Gasteiger partial charge in [0.15, 0.2) is 0 Å². The zero-order valence-electron chi connectivity index (χ0n) is 15.0. The number of aliphatic hydroxyl groups is 1. The van der Waals surface area contributed by atoms with Crippen LogP contribution in [0.2, 0.25) is 0 Å². The summed E-state index contributed by atoms with van der Waals surface area (Å²) in [7, 11) is -3.02. The van der Waals surface area contributed by atoms with Crippen LogP contribution in [0, 0.1) is 3.57 Å². The summed E-state index contributed by atoms with van der Waals surface area (Å²) in [5.41, 5.74) is 0.753. The Morgan fingerprint density at radius 2 is 2.53 bits per heavy atom. The van der Waals surface area contributed by atoms with Crippen LogP contribution in [0.1, 0.15) is 12.4 Å². The van der Waals surface area contributed by atoms with Crippen LogP contribution in [0.3, 0.4) is 0 Å². The van der Waals surface area contributed by atoms with Gasteiger partial charge in [0.25, 0.3) is 0 Å². The van der Waals surface area contributed by atoms with Crippen LogP contribution in [-0.2, 0) is 16.1 Å². The van der Waals surface area contributed by atoms with E-state index in [1.807, 2.05) is 12.1 Å². The molecule has 1 aromatic rings. The Labute approximate surface area is 123 Å². The molecular weight excluding hydrogens is 333 g/mol. The Morgan fingerprint density at radius 1 is 1.71 bits per heavy atom. The number of benzene rings is 1. The van der Waals surface area contributed by atoms with Crippen molar-refractivity contribution in [3.8, 4) is 0 Å². The molecule has 5 heteroatoms. The molecule has 0 aliphatic rings. The minimum absolute atomic E-state index is 0.0333. The molecule has 0 aliphatic carbocycles. The summed E-state index contributed by atoms with van der Waals surface area (Å²) in [6, 6.07) is 7.18. The maximum absolute atomic E-state index is 11.9. The molecule has 1 aromatic carbocycles. The molecule has 0 saturated heterocycles. The van der Waals surface area contributed by atoms with E-state index in [1.165, 1.54) is 0 Å². The number of nitrogens with zero attached hydrogens (tertiary/aromatic N) is 1. The Balaban J connectivity index is 2.99. The molecular formula is C12H16INO3. The maximum atomic E-state index is 11.9. The molecule has 0 aliphatic heterocycles. The van der Waals surface area contributed by atoms with Crippen molar-refractivity contribution in [1.29, 1.82) is 1.43 Å².